The van der Waals surface area contributed by atoms with Gasteiger partial charge in [-0.25, -0.2) is 0 Å². The molecule has 2 heterocycles. The van der Waals surface area contributed by atoms with Gasteiger partial charge >= 0.3 is 0 Å². The van der Waals surface area contributed by atoms with E-state index in [-0.39, 0.29) is 0 Å². The van der Waals surface area contributed by atoms with Gasteiger partial charge in [0.15, 0.2) is 0 Å². The molecule has 66 valence electrons. The second-order valence-electron chi connectivity index (χ2n) is 3.96. The lowest BCUT2D eigenvalue weighted by Crippen LogP contribution is -2.39. The summed E-state index contributed by atoms with van der Waals surface area (Å²) in [7, 11) is 0. The number of rotatable bonds is 2. The molecule has 12 heavy (non-hydrogen) atoms. The zero-order valence-corrected chi connectivity index (χ0v) is 7.50. The van der Waals surface area contributed by atoms with E-state index in [1.54, 1.807) is 0 Å². The number of nitriles is 1. The summed E-state index contributed by atoms with van der Waals surface area (Å²) >= 11 is 0. The zero-order valence-electron chi connectivity index (χ0n) is 7.50. The SMILES string of the molecule is N#CCCN1C2CCCC1CC2. The Balaban J connectivity index is 1.93. The molecule has 2 unspecified atom stereocenters. The van der Waals surface area contributed by atoms with E-state index in [0.29, 0.717) is 6.42 Å². The van der Waals surface area contributed by atoms with Gasteiger partial charge in [0.1, 0.15) is 0 Å². The fourth-order valence-electron chi connectivity index (χ4n) is 2.77. The summed E-state index contributed by atoms with van der Waals surface area (Å²) in [5.41, 5.74) is 0. The van der Waals surface area contributed by atoms with E-state index in [4.69, 9.17) is 5.26 Å². The van der Waals surface area contributed by atoms with Crippen molar-refractivity contribution in [2.24, 2.45) is 0 Å². The van der Waals surface area contributed by atoms with Crippen LogP contribution in [0.5, 0.6) is 0 Å². The molecule has 0 aliphatic carbocycles. The highest BCUT2D eigenvalue weighted by molar-refractivity contribution is 4.92. The number of hydrogen-bond acceptors (Lipinski definition) is 2. The van der Waals surface area contributed by atoms with E-state index in [0.717, 1.165) is 18.6 Å². The van der Waals surface area contributed by atoms with Gasteiger partial charge in [0.2, 0.25) is 0 Å². The molecule has 2 heteroatoms. The van der Waals surface area contributed by atoms with Crippen LogP contribution in [0.1, 0.15) is 38.5 Å². The van der Waals surface area contributed by atoms with E-state index in [2.05, 4.69) is 11.0 Å². The van der Waals surface area contributed by atoms with Crippen LogP contribution in [0.15, 0.2) is 0 Å². The van der Waals surface area contributed by atoms with Gasteiger partial charge in [-0.3, -0.25) is 4.90 Å². The molecule has 0 aromatic carbocycles. The maximum atomic E-state index is 8.51. The van der Waals surface area contributed by atoms with Gasteiger partial charge < -0.3 is 0 Å². The van der Waals surface area contributed by atoms with E-state index in [1.165, 1.54) is 32.1 Å². The zero-order chi connectivity index (χ0) is 8.39. The standard InChI is InChI=1S/C10H16N2/c11-7-2-8-12-9-3-1-4-10(12)6-5-9/h9-10H,1-6,8H2. The minimum absolute atomic E-state index is 0.715. The molecule has 2 rings (SSSR count). The van der Waals surface area contributed by atoms with Crippen LogP contribution in [0.25, 0.3) is 0 Å². The van der Waals surface area contributed by atoms with Crippen molar-refractivity contribution >= 4 is 0 Å². The normalized spacial score (nSPS) is 34.9. The first-order valence-corrected chi connectivity index (χ1v) is 5.04. The first kappa shape index (κ1) is 8.07. The molecule has 0 saturated carbocycles. The number of fused-ring (bicyclic) bond motifs is 2. The van der Waals surface area contributed by atoms with Crippen molar-refractivity contribution < 1.29 is 0 Å². The minimum atomic E-state index is 0.715. The van der Waals surface area contributed by atoms with Crippen LogP contribution in [-0.4, -0.2) is 23.5 Å². The topological polar surface area (TPSA) is 27.0 Å². The predicted octanol–water partition coefficient (Wildman–Crippen LogP) is 1.92. The average molecular weight is 164 g/mol. The molecule has 0 aromatic rings. The van der Waals surface area contributed by atoms with Crippen molar-refractivity contribution in [3.8, 4) is 6.07 Å². The molecule has 2 fully saturated rings. The molecule has 2 aliphatic rings. The Morgan fingerprint density at radius 3 is 2.42 bits per heavy atom. The lowest BCUT2D eigenvalue weighted by molar-refractivity contribution is 0.144. The number of piperidine rings is 1. The third-order valence-corrected chi connectivity index (χ3v) is 3.33. The molecule has 2 atom stereocenters. The fourth-order valence-corrected chi connectivity index (χ4v) is 2.77. The first-order valence-electron chi connectivity index (χ1n) is 5.04. The molecule has 2 bridgehead atoms. The summed E-state index contributed by atoms with van der Waals surface area (Å²) in [6, 6.07) is 3.90. The van der Waals surface area contributed by atoms with Crippen molar-refractivity contribution in [3.05, 3.63) is 0 Å². The van der Waals surface area contributed by atoms with Crippen LogP contribution in [0.3, 0.4) is 0 Å². The molecular formula is C10H16N2. The van der Waals surface area contributed by atoms with Gasteiger partial charge in [0, 0.05) is 25.0 Å². The van der Waals surface area contributed by atoms with Crippen LogP contribution in [0.4, 0.5) is 0 Å². The highest BCUT2D eigenvalue weighted by Gasteiger charge is 2.35. The molecule has 2 aliphatic heterocycles. The van der Waals surface area contributed by atoms with Gasteiger partial charge in [0.25, 0.3) is 0 Å². The Morgan fingerprint density at radius 1 is 1.17 bits per heavy atom. The highest BCUT2D eigenvalue weighted by atomic mass is 15.2. The maximum absolute atomic E-state index is 8.51. The predicted molar refractivity (Wildman–Crippen MR) is 47.6 cm³/mol. The van der Waals surface area contributed by atoms with Crippen LogP contribution in [-0.2, 0) is 0 Å². The third-order valence-electron chi connectivity index (χ3n) is 3.33. The molecule has 0 spiro atoms. The Bertz CT molecular complexity index is 179. The molecule has 2 nitrogen and oxygen atoms in total. The smallest absolute Gasteiger partial charge is 0.0635 e. The van der Waals surface area contributed by atoms with Crippen LogP contribution >= 0.6 is 0 Å². The Morgan fingerprint density at radius 2 is 1.83 bits per heavy atom. The van der Waals surface area contributed by atoms with Gasteiger partial charge in [-0.05, 0) is 25.7 Å². The quantitative estimate of drug-likeness (QED) is 0.623. The average Bonchev–Trinajstić information content (AvgIpc) is 2.36. The van der Waals surface area contributed by atoms with Crippen molar-refractivity contribution in [2.75, 3.05) is 6.54 Å². The van der Waals surface area contributed by atoms with E-state index in [9.17, 15) is 0 Å². The lowest BCUT2D eigenvalue weighted by atomic mass is 10.0. The molecular weight excluding hydrogens is 148 g/mol. The molecule has 0 N–H and O–H groups in total. The van der Waals surface area contributed by atoms with Gasteiger partial charge in [-0.2, -0.15) is 5.26 Å². The minimum Gasteiger partial charge on any atom is -0.296 e. The second-order valence-corrected chi connectivity index (χ2v) is 3.96. The summed E-state index contributed by atoms with van der Waals surface area (Å²) in [6.45, 7) is 1.02. The Labute approximate surface area is 74.2 Å². The molecule has 0 amide bonds. The molecule has 0 radical (unpaired) electrons. The maximum Gasteiger partial charge on any atom is 0.0635 e. The third kappa shape index (κ3) is 1.34. The van der Waals surface area contributed by atoms with Crippen molar-refractivity contribution in [3.63, 3.8) is 0 Å². The van der Waals surface area contributed by atoms with Gasteiger partial charge in [-0.15, -0.1) is 0 Å². The summed E-state index contributed by atoms with van der Waals surface area (Å²) in [6.07, 6.45) is 7.65. The molecule has 0 aromatic heterocycles. The highest BCUT2D eigenvalue weighted by Crippen LogP contribution is 2.35. The second kappa shape index (κ2) is 3.45. The monoisotopic (exact) mass is 164 g/mol. The van der Waals surface area contributed by atoms with Gasteiger partial charge in [0.05, 0.1) is 6.07 Å². The summed E-state index contributed by atoms with van der Waals surface area (Å²) in [5.74, 6) is 0. The Hall–Kier alpha value is -0.550. The van der Waals surface area contributed by atoms with Crippen LogP contribution in [0, 0.1) is 11.3 Å². The van der Waals surface area contributed by atoms with Crippen LogP contribution < -0.4 is 0 Å². The Kier molecular flexibility index (Phi) is 2.32. The largest absolute Gasteiger partial charge is 0.296 e. The number of hydrogen-bond donors (Lipinski definition) is 0. The lowest BCUT2D eigenvalue weighted by Gasteiger charge is -2.33. The fraction of sp³-hybridized carbons (Fsp3) is 0.900. The first-order chi connectivity index (χ1) is 5.92. The summed E-state index contributed by atoms with van der Waals surface area (Å²) in [5, 5.41) is 8.51. The summed E-state index contributed by atoms with van der Waals surface area (Å²) < 4.78 is 0. The van der Waals surface area contributed by atoms with Crippen molar-refractivity contribution in [1.82, 2.24) is 4.90 Å². The van der Waals surface area contributed by atoms with Crippen molar-refractivity contribution in [1.29, 1.82) is 5.26 Å². The van der Waals surface area contributed by atoms with E-state index >= 15 is 0 Å². The van der Waals surface area contributed by atoms with E-state index < -0.39 is 0 Å². The van der Waals surface area contributed by atoms with Gasteiger partial charge in [-0.1, -0.05) is 6.42 Å². The van der Waals surface area contributed by atoms with Crippen molar-refractivity contribution in [2.45, 2.75) is 50.6 Å². The van der Waals surface area contributed by atoms with Crippen LogP contribution in [0.2, 0.25) is 0 Å². The number of nitrogens with zero attached hydrogens (tertiary/aromatic N) is 2. The van der Waals surface area contributed by atoms with E-state index in [1.807, 2.05) is 0 Å². The molecule has 2 saturated heterocycles. The summed E-state index contributed by atoms with van der Waals surface area (Å²) in [4.78, 5) is 2.58.